The largest absolute Gasteiger partial charge is 0.379 e. The zero-order valence-corrected chi connectivity index (χ0v) is 13.7. The molecule has 0 saturated carbocycles. The lowest BCUT2D eigenvalue weighted by molar-refractivity contribution is 0.0326. The number of fused-ring (bicyclic) bond motifs is 1. The van der Waals surface area contributed by atoms with Gasteiger partial charge < -0.3 is 14.6 Å². The monoisotopic (exact) mass is 326 g/mol. The molecule has 1 fully saturated rings. The van der Waals surface area contributed by atoms with E-state index < -0.39 is 0 Å². The molecule has 6 heteroatoms. The van der Waals surface area contributed by atoms with Gasteiger partial charge in [0.05, 0.1) is 25.7 Å². The zero-order chi connectivity index (χ0) is 16.8. The van der Waals surface area contributed by atoms with Gasteiger partial charge in [-0.25, -0.2) is 0 Å². The van der Waals surface area contributed by atoms with Gasteiger partial charge in [-0.15, -0.1) is 0 Å². The quantitative estimate of drug-likeness (QED) is 0.879. The summed E-state index contributed by atoms with van der Waals surface area (Å²) < 4.78 is 5.35. The molecule has 3 rings (SSSR count). The van der Waals surface area contributed by atoms with Gasteiger partial charge in [-0.1, -0.05) is 6.07 Å². The number of benzene rings is 1. The number of nitrogens with zero attached hydrogens (tertiary/aromatic N) is 3. The number of aromatic amines is 1. The number of carbonyl (C=O) groups excluding carboxylic acids is 1. The molecular formula is C18H22N4O2. The van der Waals surface area contributed by atoms with Gasteiger partial charge in [-0.2, -0.15) is 5.26 Å². The fourth-order valence-corrected chi connectivity index (χ4v) is 2.95. The number of aromatic nitrogens is 1. The molecule has 126 valence electrons. The third-order valence-electron chi connectivity index (χ3n) is 4.37. The van der Waals surface area contributed by atoms with Gasteiger partial charge in [-0.05, 0) is 23.6 Å². The highest BCUT2D eigenvalue weighted by atomic mass is 16.5. The summed E-state index contributed by atoms with van der Waals surface area (Å²) in [7, 11) is 0. The van der Waals surface area contributed by atoms with Crippen LogP contribution in [-0.4, -0.2) is 66.6 Å². The molecule has 6 nitrogen and oxygen atoms in total. The summed E-state index contributed by atoms with van der Waals surface area (Å²) in [6, 6.07) is 9.80. The summed E-state index contributed by atoms with van der Waals surface area (Å²) >= 11 is 0. The van der Waals surface area contributed by atoms with E-state index in [2.05, 4.69) is 16.0 Å². The van der Waals surface area contributed by atoms with Gasteiger partial charge in [0, 0.05) is 50.0 Å². The van der Waals surface area contributed by atoms with Crippen LogP contribution < -0.4 is 0 Å². The lowest BCUT2D eigenvalue weighted by Gasteiger charge is -2.30. The van der Waals surface area contributed by atoms with Gasteiger partial charge in [0.25, 0.3) is 5.91 Å². The van der Waals surface area contributed by atoms with Crippen molar-refractivity contribution >= 4 is 16.8 Å². The Morgan fingerprint density at radius 2 is 2.12 bits per heavy atom. The molecule has 2 aromatic rings. The van der Waals surface area contributed by atoms with Crippen LogP contribution in [0.4, 0.5) is 0 Å². The Morgan fingerprint density at radius 3 is 2.92 bits per heavy atom. The van der Waals surface area contributed by atoms with Gasteiger partial charge in [0.1, 0.15) is 0 Å². The zero-order valence-electron chi connectivity index (χ0n) is 13.7. The minimum absolute atomic E-state index is 0.0185. The molecule has 0 unspecified atom stereocenters. The lowest BCUT2D eigenvalue weighted by Crippen LogP contribution is -2.43. The van der Waals surface area contributed by atoms with Crippen molar-refractivity contribution in [2.24, 2.45) is 0 Å². The third kappa shape index (κ3) is 3.94. The molecule has 0 aliphatic carbocycles. The standard InChI is InChI=1S/C18H22N4O2/c19-5-1-7-22(9-8-21-10-12-24-13-11-21)18(23)16-3-2-15-4-6-20-17(15)14-16/h2-4,6,14,20H,1,7-13H2. The molecule has 0 radical (unpaired) electrons. The number of rotatable bonds is 6. The smallest absolute Gasteiger partial charge is 0.254 e. The Morgan fingerprint density at radius 1 is 1.29 bits per heavy atom. The van der Waals surface area contributed by atoms with Crippen LogP contribution in [0, 0.1) is 11.3 Å². The van der Waals surface area contributed by atoms with Crippen LogP contribution in [0.1, 0.15) is 16.8 Å². The highest BCUT2D eigenvalue weighted by Gasteiger charge is 2.18. The van der Waals surface area contributed by atoms with E-state index in [0.29, 0.717) is 25.1 Å². The van der Waals surface area contributed by atoms with Crippen LogP contribution >= 0.6 is 0 Å². The van der Waals surface area contributed by atoms with Crippen LogP contribution in [0.15, 0.2) is 30.5 Å². The predicted octanol–water partition coefficient (Wildman–Crippen LogP) is 1.86. The highest BCUT2D eigenvalue weighted by molar-refractivity contribution is 5.97. The van der Waals surface area contributed by atoms with Gasteiger partial charge in [0.2, 0.25) is 0 Å². The average molecular weight is 326 g/mol. The first-order valence-corrected chi connectivity index (χ1v) is 8.31. The number of hydrogen-bond acceptors (Lipinski definition) is 4. The van der Waals surface area contributed by atoms with Crippen LogP contribution in [0.3, 0.4) is 0 Å². The molecule has 1 aromatic carbocycles. The number of nitriles is 1. The second kappa shape index (κ2) is 7.95. The Balaban J connectivity index is 1.68. The number of hydrogen-bond donors (Lipinski definition) is 1. The van der Waals surface area contributed by atoms with E-state index in [1.54, 1.807) is 4.90 Å². The number of morpholine rings is 1. The molecule has 2 heterocycles. The van der Waals surface area contributed by atoms with Crippen LogP contribution in [0.5, 0.6) is 0 Å². The molecule has 24 heavy (non-hydrogen) atoms. The molecule has 0 atom stereocenters. The van der Waals surface area contributed by atoms with E-state index in [0.717, 1.165) is 43.8 Å². The molecule has 1 aliphatic rings. The third-order valence-corrected chi connectivity index (χ3v) is 4.37. The Kier molecular flexibility index (Phi) is 5.47. The van der Waals surface area contributed by atoms with Crippen molar-refractivity contribution in [2.45, 2.75) is 6.42 Å². The average Bonchev–Trinajstić information content (AvgIpc) is 3.10. The van der Waals surface area contributed by atoms with Gasteiger partial charge >= 0.3 is 0 Å². The van der Waals surface area contributed by atoms with Crippen molar-refractivity contribution in [3.63, 3.8) is 0 Å². The van der Waals surface area contributed by atoms with Crippen LogP contribution in [0.25, 0.3) is 10.9 Å². The van der Waals surface area contributed by atoms with E-state index in [1.807, 2.05) is 30.5 Å². The maximum atomic E-state index is 12.8. The second-order valence-electron chi connectivity index (χ2n) is 5.93. The maximum Gasteiger partial charge on any atom is 0.254 e. The van der Waals surface area contributed by atoms with E-state index in [9.17, 15) is 4.79 Å². The van der Waals surface area contributed by atoms with Crippen molar-refractivity contribution in [1.82, 2.24) is 14.8 Å². The summed E-state index contributed by atoms with van der Waals surface area (Å²) in [6.45, 7) is 5.19. The van der Waals surface area contributed by atoms with Crippen molar-refractivity contribution in [2.75, 3.05) is 45.9 Å². The molecular weight excluding hydrogens is 304 g/mol. The minimum Gasteiger partial charge on any atom is -0.379 e. The Bertz CT molecular complexity index is 728. The summed E-state index contributed by atoms with van der Waals surface area (Å²) in [6.07, 6.45) is 2.21. The number of amides is 1. The molecule has 0 bridgehead atoms. The minimum atomic E-state index is -0.0185. The molecule has 1 N–H and O–H groups in total. The van der Waals surface area contributed by atoms with Gasteiger partial charge in [0.15, 0.2) is 0 Å². The summed E-state index contributed by atoms with van der Waals surface area (Å²) in [4.78, 5) is 20.1. The number of ether oxygens (including phenoxy) is 1. The first kappa shape index (κ1) is 16.5. The fourth-order valence-electron chi connectivity index (χ4n) is 2.95. The molecule has 1 amide bonds. The van der Waals surface area contributed by atoms with E-state index >= 15 is 0 Å². The molecule has 0 spiro atoms. The van der Waals surface area contributed by atoms with E-state index in [-0.39, 0.29) is 5.91 Å². The summed E-state index contributed by atoms with van der Waals surface area (Å²) in [5.41, 5.74) is 1.61. The fraction of sp³-hybridized carbons (Fsp3) is 0.444. The summed E-state index contributed by atoms with van der Waals surface area (Å²) in [5, 5.41) is 9.96. The predicted molar refractivity (Wildman–Crippen MR) is 91.7 cm³/mol. The SMILES string of the molecule is N#CCCN(CCN1CCOCC1)C(=O)c1ccc2cc[nH]c2c1. The highest BCUT2D eigenvalue weighted by Crippen LogP contribution is 2.16. The van der Waals surface area contributed by atoms with Crippen molar-refractivity contribution in [1.29, 1.82) is 5.26 Å². The van der Waals surface area contributed by atoms with Crippen LogP contribution in [-0.2, 0) is 4.74 Å². The van der Waals surface area contributed by atoms with Crippen molar-refractivity contribution in [3.8, 4) is 6.07 Å². The Labute approximate surface area is 141 Å². The number of H-pyrrole nitrogens is 1. The molecule has 1 aliphatic heterocycles. The topological polar surface area (TPSA) is 72.4 Å². The van der Waals surface area contributed by atoms with E-state index in [4.69, 9.17) is 10.00 Å². The summed E-state index contributed by atoms with van der Waals surface area (Å²) in [5.74, 6) is -0.0185. The Hall–Kier alpha value is -2.36. The molecule has 1 saturated heterocycles. The first-order valence-electron chi connectivity index (χ1n) is 8.31. The van der Waals surface area contributed by atoms with E-state index in [1.165, 1.54) is 0 Å². The van der Waals surface area contributed by atoms with Crippen LogP contribution in [0.2, 0.25) is 0 Å². The first-order chi connectivity index (χ1) is 11.8. The maximum absolute atomic E-state index is 12.8. The normalized spacial score (nSPS) is 15.3. The lowest BCUT2D eigenvalue weighted by atomic mass is 10.1. The van der Waals surface area contributed by atoms with Crippen molar-refractivity contribution < 1.29 is 9.53 Å². The van der Waals surface area contributed by atoms with Crippen molar-refractivity contribution in [3.05, 3.63) is 36.0 Å². The van der Waals surface area contributed by atoms with Gasteiger partial charge in [-0.3, -0.25) is 9.69 Å². The molecule has 1 aromatic heterocycles. The number of nitrogens with one attached hydrogen (secondary N) is 1. The number of carbonyl (C=O) groups is 1. The second-order valence-corrected chi connectivity index (χ2v) is 5.93.